The van der Waals surface area contributed by atoms with Crippen molar-refractivity contribution in [2.75, 3.05) is 20.0 Å². The number of hydrogen-bond acceptors (Lipinski definition) is 7. The zero-order valence-electron chi connectivity index (χ0n) is 15.9. The van der Waals surface area contributed by atoms with Gasteiger partial charge in [0.25, 0.3) is 5.91 Å². The second-order valence-electron chi connectivity index (χ2n) is 6.30. The Balaban J connectivity index is 2.62. The second-order valence-corrected chi connectivity index (χ2v) is 8.44. The quantitative estimate of drug-likeness (QED) is 0.618. The molecule has 0 aliphatic rings. The SMILES string of the molecule is CC[C@@H](C)[C@H](NC(=O)COC(=O)c1ccc(CS(C)(=O)=O)cc1)C(=O)OC. The molecule has 0 aliphatic carbocycles. The lowest BCUT2D eigenvalue weighted by Gasteiger charge is -2.21. The van der Waals surface area contributed by atoms with E-state index >= 15 is 0 Å². The van der Waals surface area contributed by atoms with Crippen LogP contribution in [0.25, 0.3) is 0 Å². The average molecular weight is 399 g/mol. The summed E-state index contributed by atoms with van der Waals surface area (Å²) in [5, 5.41) is 2.50. The van der Waals surface area contributed by atoms with Crippen molar-refractivity contribution in [3.8, 4) is 0 Å². The van der Waals surface area contributed by atoms with Crippen molar-refractivity contribution in [3.05, 3.63) is 35.4 Å². The minimum Gasteiger partial charge on any atom is -0.467 e. The predicted octanol–water partition coefficient (Wildman–Crippen LogP) is 1.09. The van der Waals surface area contributed by atoms with E-state index in [9.17, 15) is 22.8 Å². The number of nitrogens with one attached hydrogen (secondary N) is 1. The molecule has 0 aliphatic heterocycles. The molecule has 0 saturated carbocycles. The number of methoxy groups -OCH3 is 1. The molecule has 0 aromatic heterocycles. The van der Waals surface area contributed by atoms with Crippen LogP contribution in [0, 0.1) is 5.92 Å². The summed E-state index contributed by atoms with van der Waals surface area (Å²) in [5.41, 5.74) is 0.729. The van der Waals surface area contributed by atoms with Crippen LogP contribution in [-0.2, 0) is 34.7 Å². The summed E-state index contributed by atoms with van der Waals surface area (Å²) in [5.74, 6) is -2.18. The minimum atomic E-state index is -3.17. The van der Waals surface area contributed by atoms with Gasteiger partial charge in [0, 0.05) is 6.26 Å². The lowest BCUT2D eigenvalue weighted by atomic mass is 9.99. The first-order valence-corrected chi connectivity index (χ1v) is 10.4. The highest BCUT2D eigenvalue weighted by Gasteiger charge is 2.27. The highest BCUT2D eigenvalue weighted by molar-refractivity contribution is 7.89. The molecule has 1 aromatic rings. The Morgan fingerprint density at radius 1 is 1.15 bits per heavy atom. The summed E-state index contributed by atoms with van der Waals surface area (Å²) >= 11 is 0. The van der Waals surface area contributed by atoms with Crippen molar-refractivity contribution in [1.29, 1.82) is 0 Å². The molecule has 27 heavy (non-hydrogen) atoms. The molecule has 8 nitrogen and oxygen atoms in total. The molecule has 9 heteroatoms. The van der Waals surface area contributed by atoms with Crippen molar-refractivity contribution in [3.63, 3.8) is 0 Å². The van der Waals surface area contributed by atoms with Gasteiger partial charge in [-0.05, 0) is 23.6 Å². The fourth-order valence-electron chi connectivity index (χ4n) is 2.27. The number of carbonyl (C=O) groups excluding carboxylic acids is 3. The highest BCUT2D eigenvalue weighted by atomic mass is 32.2. The van der Waals surface area contributed by atoms with E-state index in [2.05, 4.69) is 10.1 Å². The van der Waals surface area contributed by atoms with E-state index in [4.69, 9.17) is 4.74 Å². The fraction of sp³-hybridized carbons (Fsp3) is 0.500. The molecule has 0 bridgehead atoms. The van der Waals surface area contributed by atoms with Crippen molar-refractivity contribution in [1.82, 2.24) is 5.32 Å². The van der Waals surface area contributed by atoms with E-state index in [1.165, 1.54) is 31.4 Å². The van der Waals surface area contributed by atoms with Crippen LogP contribution < -0.4 is 5.32 Å². The molecule has 0 radical (unpaired) electrons. The molecule has 1 aromatic carbocycles. The van der Waals surface area contributed by atoms with Crippen molar-refractivity contribution >= 4 is 27.7 Å². The average Bonchev–Trinajstić information content (AvgIpc) is 2.62. The summed E-state index contributed by atoms with van der Waals surface area (Å²) in [4.78, 5) is 35.7. The first kappa shape index (κ1) is 22.6. The zero-order valence-corrected chi connectivity index (χ0v) is 16.7. The van der Waals surface area contributed by atoms with Crippen molar-refractivity contribution < 1.29 is 32.3 Å². The standard InChI is InChI=1S/C18H25NO7S/c1-5-12(2)16(18(22)25-3)19-15(20)10-26-17(21)14-8-6-13(7-9-14)11-27(4,23)24/h6-9,12,16H,5,10-11H2,1-4H3,(H,19,20)/t12-,16+/m1/s1. The first-order chi connectivity index (χ1) is 12.6. The van der Waals surface area contributed by atoms with Gasteiger partial charge in [0.2, 0.25) is 0 Å². The van der Waals surface area contributed by atoms with E-state index in [1.54, 1.807) is 6.92 Å². The molecular formula is C18H25NO7S. The van der Waals surface area contributed by atoms with Gasteiger partial charge in [-0.3, -0.25) is 4.79 Å². The number of hydrogen-bond donors (Lipinski definition) is 1. The predicted molar refractivity (Wildman–Crippen MR) is 98.7 cm³/mol. The van der Waals surface area contributed by atoms with Gasteiger partial charge in [-0.25, -0.2) is 18.0 Å². The van der Waals surface area contributed by atoms with E-state index in [0.29, 0.717) is 12.0 Å². The van der Waals surface area contributed by atoms with Crippen LogP contribution in [0.5, 0.6) is 0 Å². The molecule has 1 N–H and O–H groups in total. The lowest BCUT2D eigenvalue weighted by molar-refractivity contribution is -0.147. The molecule has 2 atom stereocenters. The number of carbonyl (C=O) groups is 3. The Hall–Kier alpha value is -2.42. The summed E-state index contributed by atoms with van der Waals surface area (Å²) < 4.78 is 32.1. The fourth-order valence-corrected chi connectivity index (χ4v) is 3.06. The number of amides is 1. The van der Waals surface area contributed by atoms with E-state index < -0.39 is 40.3 Å². The summed E-state index contributed by atoms with van der Waals surface area (Å²) in [6, 6.07) is 5.05. The Morgan fingerprint density at radius 2 is 1.74 bits per heavy atom. The summed E-state index contributed by atoms with van der Waals surface area (Å²) in [6.07, 6.45) is 1.77. The number of benzene rings is 1. The van der Waals surface area contributed by atoms with E-state index in [1.807, 2.05) is 6.92 Å². The molecule has 0 saturated heterocycles. The first-order valence-electron chi connectivity index (χ1n) is 8.38. The third-order valence-electron chi connectivity index (χ3n) is 3.94. The molecule has 1 amide bonds. The molecule has 150 valence electrons. The topological polar surface area (TPSA) is 116 Å². The molecule has 0 unspecified atom stereocenters. The van der Waals surface area contributed by atoms with Crippen LogP contribution in [0.1, 0.15) is 36.2 Å². The normalized spacial score (nSPS) is 13.3. The minimum absolute atomic E-state index is 0.130. The van der Waals surface area contributed by atoms with Crippen LogP contribution in [-0.4, -0.2) is 52.3 Å². The Morgan fingerprint density at radius 3 is 2.22 bits per heavy atom. The van der Waals surface area contributed by atoms with Gasteiger partial charge in [-0.1, -0.05) is 32.4 Å². The Labute approximate surface area is 159 Å². The lowest BCUT2D eigenvalue weighted by Crippen LogP contribution is -2.47. The molecule has 0 heterocycles. The number of ether oxygens (including phenoxy) is 2. The number of esters is 2. The number of sulfone groups is 1. The van der Waals surface area contributed by atoms with Crippen molar-refractivity contribution in [2.24, 2.45) is 5.92 Å². The van der Waals surface area contributed by atoms with Gasteiger partial charge in [-0.2, -0.15) is 0 Å². The Kier molecular flexibility index (Phi) is 8.42. The smallest absolute Gasteiger partial charge is 0.338 e. The van der Waals surface area contributed by atoms with Crippen LogP contribution in [0.15, 0.2) is 24.3 Å². The highest BCUT2D eigenvalue weighted by Crippen LogP contribution is 2.10. The van der Waals surface area contributed by atoms with Gasteiger partial charge in [0.1, 0.15) is 6.04 Å². The van der Waals surface area contributed by atoms with E-state index in [-0.39, 0.29) is 17.2 Å². The molecule has 1 rings (SSSR count). The molecule has 0 fully saturated rings. The van der Waals surface area contributed by atoms with Crippen molar-refractivity contribution in [2.45, 2.75) is 32.1 Å². The Bertz CT molecular complexity index is 771. The zero-order chi connectivity index (χ0) is 20.6. The monoisotopic (exact) mass is 399 g/mol. The van der Waals surface area contributed by atoms with Crippen LogP contribution >= 0.6 is 0 Å². The maximum Gasteiger partial charge on any atom is 0.338 e. The third-order valence-corrected chi connectivity index (χ3v) is 4.80. The second kappa shape index (κ2) is 10.1. The summed E-state index contributed by atoms with van der Waals surface area (Å²) in [6.45, 7) is 3.13. The maximum atomic E-state index is 12.0. The van der Waals surface area contributed by atoms with Gasteiger partial charge < -0.3 is 14.8 Å². The summed E-state index contributed by atoms with van der Waals surface area (Å²) in [7, 11) is -1.94. The largest absolute Gasteiger partial charge is 0.467 e. The van der Waals surface area contributed by atoms with Gasteiger partial charge in [-0.15, -0.1) is 0 Å². The maximum absolute atomic E-state index is 12.0. The van der Waals surface area contributed by atoms with Gasteiger partial charge >= 0.3 is 11.9 Å². The van der Waals surface area contributed by atoms with E-state index in [0.717, 1.165) is 6.26 Å². The molecular weight excluding hydrogens is 374 g/mol. The van der Waals surface area contributed by atoms with Gasteiger partial charge in [0.05, 0.1) is 18.4 Å². The van der Waals surface area contributed by atoms with Crippen LogP contribution in [0.4, 0.5) is 0 Å². The number of rotatable bonds is 9. The van der Waals surface area contributed by atoms with Gasteiger partial charge in [0.15, 0.2) is 16.4 Å². The third kappa shape index (κ3) is 7.78. The molecule has 0 spiro atoms. The van der Waals surface area contributed by atoms with Crippen LogP contribution in [0.3, 0.4) is 0 Å². The van der Waals surface area contributed by atoms with Crippen LogP contribution in [0.2, 0.25) is 0 Å².